The number of aromatic nitrogens is 2. The highest BCUT2D eigenvalue weighted by atomic mass is 16.3. The van der Waals surface area contributed by atoms with Crippen molar-refractivity contribution in [2.24, 2.45) is 0 Å². The van der Waals surface area contributed by atoms with Crippen LogP contribution in [0.5, 0.6) is 0 Å². The lowest BCUT2D eigenvalue weighted by atomic mass is 10.1. The number of furan rings is 1. The molecule has 0 saturated carbocycles. The third kappa shape index (κ3) is 2.71. The summed E-state index contributed by atoms with van der Waals surface area (Å²) in [6.07, 6.45) is 0. The second-order valence-electron chi connectivity index (χ2n) is 8.52. The zero-order valence-electron chi connectivity index (χ0n) is 41.3. The Morgan fingerprint density at radius 2 is 1.13 bits per heavy atom. The summed E-state index contributed by atoms with van der Waals surface area (Å²) in [6.45, 7) is 0. The fraction of sp³-hybridized carbons (Fsp3) is 0. The first-order valence-electron chi connectivity index (χ1n) is 22.5. The Hall–Kier alpha value is -5.28. The number of hydrogen-bond acceptors (Lipinski definition) is 1. The summed E-state index contributed by atoms with van der Waals surface area (Å²) in [5, 5.41) is -2.53. The van der Waals surface area contributed by atoms with E-state index in [1.807, 2.05) is 0 Å². The molecule has 0 radical (unpaired) electrons. The van der Waals surface area contributed by atoms with E-state index in [1.54, 1.807) is 0 Å². The highest BCUT2D eigenvalue weighted by molar-refractivity contribution is 6.26. The maximum Gasteiger partial charge on any atom is 0.159 e. The number of para-hydroxylation sites is 5. The standard InChI is InChI=1S/C36H22N2O/c1-2-11-23(12-3-1)37-29-17-7-4-13-24(29)26-21-22-31-34(35(26)37)28-15-5-8-18-30(28)38(31)32-19-10-16-27-25-14-6-9-20-33(25)39-36(27)32/h1-22H/i1D,2D,3D,4D,5D,6D,7D,8D,9D,10D,11D,12D,13D,14D,15D,16D,17D,18D,19D,20D,21D,22D. The van der Waals surface area contributed by atoms with Crippen LogP contribution in [0.4, 0.5) is 0 Å². The molecule has 0 amide bonds. The molecule has 3 heterocycles. The highest BCUT2D eigenvalue weighted by Gasteiger charge is 2.22. The highest BCUT2D eigenvalue weighted by Crippen LogP contribution is 2.43. The first kappa shape index (κ1) is 8.89. The van der Waals surface area contributed by atoms with Crippen LogP contribution in [0.3, 0.4) is 0 Å². The van der Waals surface area contributed by atoms with Crippen LogP contribution in [0, 0.1) is 0 Å². The van der Waals surface area contributed by atoms with Crippen LogP contribution >= 0.6 is 0 Å². The quantitative estimate of drug-likeness (QED) is 0.222. The summed E-state index contributed by atoms with van der Waals surface area (Å²) in [4.78, 5) is 0. The van der Waals surface area contributed by atoms with Gasteiger partial charge in [0, 0.05) is 38.0 Å². The van der Waals surface area contributed by atoms with Crippen molar-refractivity contribution in [1.29, 1.82) is 0 Å². The third-order valence-electron chi connectivity index (χ3n) is 6.60. The molecular weight excluding hydrogens is 476 g/mol. The fourth-order valence-electron chi connectivity index (χ4n) is 5.10. The predicted molar refractivity (Wildman–Crippen MR) is 162 cm³/mol. The lowest BCUT2D eigenvalue weighted by molar-refractivity contribution is 0.666. The van der Waals surface area contributed by atoms with Gasteiger partial charge in [0.2, 0.25) is 0 Å². The average Bonchev–Trinajstić information content (AvgIpc) is 3.91. The zero-order valence-corrected chi connectivity index (χ0v) is 19.3. The molecule has 0 aliphatic carbocycles. The van der Waals surface area contributed by atoms with Gasteiger partial charge in [-0.15, -0.1) is 0 Å². The molecule has 3 heteroatoms. The Bertz CT molecular complexity index is 3590. The van der Waals surface area contributed by atoms with Gasteiger partial charge in [0.25, 0.3) is 0 Å². The summed E-state index contributed by atoms with van der Waals surface area (Å²) in [5.74, 6) is 0. The molecule has 9 aromatic rings. The van der Waals surface area contributed by atoms with Crippen molar-refractivity contribution in [2.75, 3.05) is 0 Å². The molecular formula is C36H22N2O. The summed E-state index contributed by atoms with van der Waals surface area (Å²) >= 11 is 0. The molecule has 0 aliphatic heterocycles. The van der Waals surface area contributed by atoms with Crippen molar-refractivity contribution in [2.45, 2.75) is 0 Å². The largest absolute Gasteiger partial charge is 0.454 e. The summed E-state index contributed by atoms with van der Waals surface area (Å²) in [7, 11) is 0. The van der Waals surface area contributed by atoms with E-state index < -0.39 is 204 Å². The molecule has 3 nitrogen and oxygen atoms in total. The molecule has 39 heavy (non-hydrogen) atoms. The molecule has 0 fully saturated rings. The van der Waals surface area contributed by atoms with E-state index in [0.29, 0.717) is 0 Å². The number of fused-ring (bicyclic) bond motifs is 10. The van der Waals surface area contributed by atoms with Crippen molar-refractivity contribution in [1.82, 2.24) is 9.13 Å². The minimum absolute atomic E-state index is 0.359. The maximum atomic E-state index is 9.57. The van der Waals surface area contributed by atoms with Crippen LogP contribution in [0.2, 0.25) is 0 Å². The minimum atomic E-state index is -0.875. The van der Waals surface area contributed by atoms with Crippen LogP contribution in [-0.4, -0.2) is 9.13 Å². The Balaban J connectivity index is 1.71. The van der Waals surface area contributed by atoms with Gasteiger partial charge in [-0.3, -0.25) is 0 Å². The van der Waals surface area contributed by atoms with Crippen molar-refractivity contribution in [3.8, 4) is 11.4 Å². The van der Waals surface area contributed by atoms with Gasteiger partial charge in [0.05, 0.1) is 57.9 Å². The number of benzene rings is 6. The van der Waals surface area contributed by atoms with E-state index >= 15 is 0 Å². The number of rotatable bonds is 2. The monoisotopic (exact) mass is 520 g/mol. The molecule has 9 rings (SSSR count). The van der Waals surface area contributed by atoms with Gasteiger partial charge < -0.3 is 13.6 Å². The van der Waals surface area contributed by atoms with Crippen molar-refractivity contribution in [3.63, 3.8) is 0 Å². The maximum absolute atomic E-state index is 9.57. The van der Waals surface area contributed by atoms with Crippen molar-refractivity contribution < 1.29 is 34.6 Å². The van der Waals surface area contributed by atoms with Gasteiger partial charge in [0.15, 0.2) is 5.58 Å². The predicted octanol–water partition coefficient (Wildman–Crippen LogP) is 9.78. The number of nitrogens with zero attached hydrogens (tertiary/aromatic N) is 2. The molecule has 6 aromatic carbocycles. The van der Waals surface area contributed by atoms with Gasteiger partial charge >= 0.3 is 0 Å². The molecule has 3 aromatic heterocycles. The lowest BCUT2D eigenvalue weighted by Gasteiger charge is -2.10. The second kappa shape index (κ2) is 7.62. The first-order chi connectivity index (χ1) is 28.5. The van der Waals surface area contributed by atoms with E-state index in [4.69, 9.17) is 27.7 Å². The Kier molecular flexibility index (Phi) is 1.74. The smallest absolute Gasteiger partial charge is 0.159 e. The van der Waals surface area contributed by atoms with Crippen molar-refractivity contribution >= 4 is 65.6 Å². The summed E-state index contributed by atoms with van der Waals surface area (Å²) < 4.78 is 202. The second-order valence-corrected chi connectivity index (χ2v) is 8.52. The molecule has 0 unspecified atom stereocenters. The van der Waals surface area contributed by atoms with E-state index in [9.17, 15) is 6.85 Å². The Morgan fingerprint density at radius 1 is 0.462 bits per heavy atom. The van der Waals surface area contributed by atoms with Crippen LogP contribution in [0.15, 0.2) is 137 Å². The molecule has 0 spiro atoms. The topological polar surface area (TPSA) is 23.0 Å². The van der Waals surface area contributed by atoms with Crippen LogP contribution in [-0.2, 0) is 0 Å². The van der Waals surface area contributed by atoms with E-state index in [0.717, 1.165) is 9.13 Å². The van der Waals surface area contributed by atoms with Gasteiger partial charge in [-0.25, -0.2) is 0 Å². The average molecular weight is 521 g/mol. The fourth-order valence-corrected chi connectivity index (χ4v) is 5.10. The van der Waals surface area contributed by atoms with Crippen molar-refractivity contribution in [3.05, 3.63) is 133 Å². The van der Waals surface area contributed by atoms with Crippen LogP contribution in [0.1, 0.15) is 30.2 Å². The minimum Gasteiger partial charge on any atom is -0.454 e. The third-order valence-corrected chi connectivity index (χ3v) is 6.60. The normalized spacial score (nSPS) is 20.0. The van der Waals surface area contributed by atoms with E-state index in [2.05, 4.69) is 0 Å². The number of hydrogen-bond donors (Lipinski definition) is 0. The van der Waals surface area contributed by atoms with Gasteiger partial charge in [-0.05, 0) is 42.3 Å². The van der Waals surface area contributed by atoms with Gasteiger partial charge in [-0.1, -0.05) is 90.6 Å². The van der Waals surface area contributed by atoms with Gasteiger partial charge in [0.1, 0.15) is 5.58 Å². The van der Waals surface area contributed by atoms with Gasteiger partial charge in [-0.2, -0.15) is 0 Å². The lowest BCUT2D eigenvalue weighted by Crippen LogP contribution is -1.95. The van der Waals surface area contributed by atoms with E-state index in [-0.39, 0.29) is 5.39 Å². The zero-order chi connectivity index (χ0) is 44.6. The molecule has 0 bridgehead atoms. The SMILES string of the molecule is [2H]c1c([2H])c([2H])c(-n2c3c([2H])c([2H])c([2H])c([2H])c3c3c([2H])c([2H])c4c(c5c([2H])c([2H])c([2H])c([2H])c5n4-c4c([2H])c([2H])c([2H])c5c4oc4c([2H])c([2H])c([2H])c([2H])c45)c32)c([2H])c1[2H]. The molecule has 0 aliphatic rings. The Morgan fingerprint density at radius 3 is 1.97 bits per heavy atom. The molecule has 182 valence electrons. The summed E-state index contributed by atoms with van der Waals surface area (Å²) in [6, 6.07) is -17.7. The Labute approximate surface area is 254 Å². The molecule has 0 N–H and O–H groups in total. The molecule has 0 saturated heterocycles. The molecule has 0 atom stereocenters. The van der Waals surface area contributed by atoms with Crippen LogP contribution in [0.25, 0.3) is 76.9 Å². The van der Waals surface area contributed by atoms with Crippen LogP contribution < -0.4 is 0 Å². The first-order valence-corrected chi connectivity index (χ1v) is 11.5. The van der Waals surface area contributed by atoms with E-state index in [1.165, 1.54) is 0 Å². The summed E-state index contributed by atoms with van der Waals surface area (Å²) in [5.41, 5.74) is -4.38.